The number of rotatable bonds is 2. The predicted octanol–water partition coefficient (Wildman–Crippen LogP) is 4.31. The Kier molecular flexibility index (Phi) is 3.78. The Hall–Kier alpha value is -0.780. The van der Waals surface area contributed by atoms with Crippen molar-refractivity contribution in [1.82, 2.24) is 0 Å². The minimum Gasteiger partial charge on any atom is -0.0988 e. The second-order valence-corrected chi connectivity index (χ2v) is 2.07. The van der Waals surface area contributed by atoms with Crippen molar-refractivity contribution < 1.29 is 7.13 Å². The molecule has 9 heavy (non-hydrogen) atoms. The first kappa shape index (κ1) is 8.22. The Morgan fingerprint density at radius 3 is 2.22 bits per heavy atom. The van der Waals surface area contributed by atoms with Gasteiger partial charge in [-0.3, -0.25) is 0 Å². The first-order valence-electron chi connectivity index (χ1n) is 3.15. The summed E-state index contributed by atoms with van der Waals surface area (Å²) in [5, 5.41) is 0. The topological polar surface area (TPSA) is 0 Å². The fraction of sp³-hybridized carbons (Fsp3) is 0.333. The van der Waals surface area contributed by atoms with Gasteiger partial charge in [-0.2, -0.15) is 0 Å². The van der Waals surface area contributed by atoms with E-state index >= 15 is 0 Å². The summed E-state index contributed by atoms with van der Waals surface area (Å²) in [5.41, 5.74) is 2.53. The third-order valence-electron chi connectivity index (χ3n) is 1.34. The molecule has 0 aliphatic rings. The fourth-order valence-electron chi connectivity index (χ4n) is 0.542. The molecule has 0 saturated heterocycles. The Morgan fingerprint density at radius 1 is 1.33 bits per heavy atom. The average Bonchev–Trinajstić information content (AvgIpc) is 1.87. The molecule has 0 saturated carbocycles. The van der Waals surface area contributed by atoms with Crippen LogP contribution in [0.5, 0.6) is 0 Å². The summed E-state index contributed by atoms with van der Waals surface area (Å²) in [7, 11) is 0. The van der Waals surface area contributed by atoms with E-state index in [1.54, 1.807) is 0 Å². The minimum absolute atomic E-state index is 0. The molecular weight excluding hydrogens is 108 g/mol. The van der Waals surface area contributed by atoms with Crippen molar-refractivity contribution >= 4 is 0 Å². The zero-order valence-electron chi connectivity index (χ0n) is 6.44. The molecule has 0 aromatic rings. The van der Waals surface area contributed by atoms with Gasteiger partial charge in [0, 0.05) is 7.13 Å². The van der Waals surface area contributed by atoms with Gasteiger partial charge in [0.2, 0.25) is 0 Å². The molecule has 0 aromatic carbocycles. The van der Waals surface area contributed by atoms with Gasteiger partial charge in [-0.15, -0.1) is 0 Å². The molecule has 0 radical (unpaired) electrons. The van der Waals surface area contributed by atoms with Crippen molar-refractivity contribution in [3.05, 3.63) is 36.0 Å². The molecule has 0 bridgehead atoms. The largest absolute Gasteiger partial charge is 0.0988 e. The number of allylic oxidation sites excluding steroid dienone is 5. The van der Waals surface area contributed by atoms with Gasteiger partial charge in [-0.1, -0.05) is 24.8 Å². The Bertz CT molecular complexity index is 161. The van der Waals surface area contributed by atoms with Crippen molar-refractivity contribution in [1.29, 1.82) is 0 Å². The molecule has 0 amide bonds. The molecule has 0 aliphatic carbocycles. The van der Waals surface area contributed by atoms with Crippen molar-refractivity contribution in [2.24, 2.45) is 0 Å². The predicted molar refractivity (Wildman–Crippen MR) is 54.0 cm³/mol. The molecule has 0 unspecified atom stereocenters. The maximum Gasteiger partial charge on any atom is 0 e. The Balaban J connectivity index is -0.0000000320. The molecular formula is C9H24. The van der Waals surface area contributed by atoms with Crippen LogP contribution in [0, 0.1) is 0 Å². The molecule has 0 heteroatoms. The summed E-state index contributed by atoms with van der Waals surface area (Å²) < 4.78 is 0. The molecule has 0 fully saturated rings. The second kappa shape index (κ2) is 4.13. The first-order chi connectivity index (χ1) is 4.22. The molecule has 0 N–H and O–H groups in total. The van der Waals surface area contributed by atoms with E-state index in [-0.39, 0.29) is 7.13 Å². The van der Waals surface area contributed by atoms with Gasteiger partial charge in [0.1, 0.15) is 0 Å². The Labute approximate surface area is 65.0 Å². The van der Waals surface area contributed by atoms with Gasteiger partial charge in [0.15, 0.2) is 0 Å². The molecule has 0 atom stereocenters. The van der Waals surface area contributed by atoms with Crippen LogP contribution in [0.1, 0.15) is 27.9 Å². The summed E-state index contributed by atoms with van der Waals surface area (Å²) in [5.74, 6) is 0. The van der Waals surface area contributed by atoms with Crippen LogP contribution in [-0.2, 0) is 0 Å². The maximum absolute atomic E-state index is 3.67. The van der Waals surface area contributed by atoms with Gasteiger partial charge in [0.25, 0.3) is 0 Å². The highest BCUT2D eigenvalue weighted by Crippen LogP contribution is 2.04. The Morgan fingerprint density at radius 2 is 1.89 bits per heavy atom. The van der Waals surface area contributed by atoms with Crippen molar-refractivity contribution in [3.8, 4) is 0 Å². The van der Waals surface area contributed by atoms with E-state index in [2.05, 4.69) is 26.5 Å². The minimum atomic E-state index is 0. The highest BCUT2D eigenvalue weighted by molar-refractivity contribution is 5.28. The van der Waals surface area contributed by atoms with Crippen molar-refractivity contribution in [2.75, 3.05) is 0 Å². The average molecular weight is 132 g/mol. The molecule has 0 heterocycles. The van der Waals surface area contributed by atoms with E-state index in [0.29, 0.717) is 0 Å². The van der Waals surface area contributed by atoms with Crippen molar-refractivity contribution in [2.45, 2.75) is 20.8 Å². The third-order valence-corrected chi connectivity index (χ3v) is 1.34. The van der Waals surface area contributed by atoms with Crippen LogP contribution in [0.3, 0.4) is 0 Å². The monoisotopic (exact) mass is 132 g/mol. The fourth-order valence-corrected chi connectivity index (χ4v) is 0.542. The summed E-state index contributed by atoms with van der Waals surface area (Å²) in [6, 6.07) is 0. The van der Waals surface area contributed by atoms with E-state index < -0.39 is 0 Å². The van der Waals surface area contributed by atoms with Gasteiger partial charge in [-0.25, -0.2) is 0 Å². The molecule has 0 aliphatic heterocycles. The summed E-state index contributed by atoms with van der Waals surface area (Å²) >= 11 is 0. The SMILES string of the molecule is C=C/C(C)=C(C)\C=C\C.[HH].[HH].[HH].[HH].[HH]. The van der Waals surface area contributed by atoms with Crippen LogP contribution < -0.4 is 0 Å². The zero-order valence-corrected chi connectivity index (χ0v) is 6.44. The van der Waals surface area contributed by atoms with Crippen LogP contribution in [0.2, 0.25) is 0 Å². The molecule has 0 nitrogen and oxygen atoms in total. The van der Waals surface area contributed by atoms with E-state index in [1.807, 2.05) is 19.1 Å². The number of hydrogen-bond donors (Lipinski definition) is 0. The third kappa shape index (κ3) is 2.91. The highest BCUT2D eigenvalue weighted by Gasteiger charge is 1.83. The van der Waals surface area contributed by atoms with Crippen LogP contribution in [0.4, 0.5) is 0 Å². The van der Waals surface area contributed by atoms with E-state index in [1.165, 1.54) is 11.1 Å². The standard InChI is InChI=1S/C9H14.5H2/c1-5-7-9(4)8(3)6-2;;;;;/h5-7H,2H2,1,3-4H3;5*1H/b7-5+,9-8-;;;;;. The lowest BCUT2D eigenvalue weighted by Crippen LogP contribution is -1.73. The smallest absolute Gasteiger partial charge is 0 e. The van der Waals surface area contributed by atoms with Gasteiger partial charge >= 0.3 is 0 Å². The molecule has 0 spiro atoms. The lowest BCUT2D eigenvalue weighted by molar-refractivity contribution is 1.37. The molecule has 0 aromatic heterocycles. The van der Waals surface area contributed by atoms with E-state index in [9.17, 15) is 0 Å². The summed E-state index contributed by atoms with van der Waals surface area (Å²) in [6.07, 6.45) is 5.98. The van der Waals surface area contributed by atoms with E-state index in [4.69, 9.17) is 0 Å². The van der Waals surface area contributed by atoms with Gasteiger partial charge in [-0.05, 0) is 31.9 Å². The van der Waals surface area contributed by atoms with Crippen molar-refractivity contribution in [3.63, 3.8) is 0 Å². The highest BCUT2D eigenvalue weighted by atomic mass is 13.9. The quantitative estimate of drug-likeness (QED) is 0.491. The zero-order chi connectivity index (χ0) is 7.28. The van der Waals surface area contributed by atoms with Crippen LogP contribution in [0.15, 0.2) is 36.0 Å². The van der Waals surface area contributed by atoms with Gasteiger partial charge < -0.3 is 0 Å². The summed E-state index contributed by atoms with van der Waals surface area (Å²) in [6.45, 7) is 9.82. The maximum atomic E-state index is 3.67. The first-order valence-corrected chi connectivity index (χ1v) is 3.15. The number of hydrogen-bond acceptors (Lipinski definition) is 0. The summed E-state index contributed by atoms with van der Waals surface area (Å²) in [4.78, 5) is 0. The van der Waals surface area contributed by atoms with Crippen LogP contribution in [-0.4, -0.2) is 0 Å². The normalized spacial score (nSPS) is 13.7. The molecule has 60 valence electrons. The second-order valence-electron chi connectivity index (χ2n) is 2.07. The van der Waals surface area contributed by atoms with Crippen LogP contribution >= 0.6 is 0 Å². The van der Waals surface area contributed by atoms with Gasteiger partial charge in [0.05, 0.1) is 0 Å². The van der Waals surface area contributed by atoms with Crippen LogP contribution in [0.25, 0.3) is 0 Å². The lowest BCUT2D eigenvalue weighted by atomic mass is 10.1. The lowest BCUT2D eigenvalue weighted by Gasteiger charge is -1.93. The van der Waals surface area contributed by atoms with E-state index in [0.717, 1.165) is 0 Å². The molecule has 0 rings (SSSR count).